The highest BCUT2D eigenvalue weighted by molar-refractivity contribution is 7.15. The summed E-state index contributed by atoms with van der Waals surface area (Å²) in [6.07, 6.45) is 6.14. The minimum Gasteiger partial charge on any atom is -0.346 e. The van der Waals surface area contributed by atoms with E-state index in [1.165, 1.54) is 37.8 Å². The van der Waals surface area contributed by atoms with E-state index in [-0.39, 0.29) is 5.82 Å². The van der Waals surface area contributed by atoms with E-state index in [1.54, 1.807) is 11.3 Å². The number of nitrogens with zero attached hydrogens (tertiary/aromatic N) is 3. The summed E-state index contributed by atoms with van der Waals surface area (Å²) in [6.45, 7) is 2.26. The van der Waals surface area contributed by atoms with Gasteiger partial charge in [0.05, 0.1) is 0 Å². The zero-order chi connectivity index (χ0) is 14.3. The predicted octanol–water partition coefficient (Wildman–Crippen LogP) is 3.65. The normalized spacial score (nSPS) is 20.0. The Labute approximate surface area is 127 Å². The Bertz CT molecular complexity index is 633. The van der Waals surface area contributed by atoms with Gasteiger partial charge in [-0.25, -0.2) is 4.39 Å². The van der Waals surface area contributed by atoms with E-state index < -0.39 is 0 Å². The molecule has 1 saturated heterocycles. The maximum atomic E-state index is 12.9. The highest BCUT2D eigenvalue weighted by Gasteiger charge is 2.45. The van der Waals surface area contributed by atoms with Gasteiger partial charge in [-0.05, 0) is 48.8 Å². The molecular weight excluding hydrogens is 285 g/mol. The van der Waals surface area contributed by atoms with Gasteiger partial charge < -0.3 is 4.90 Å². The highest BCUT2D eigenvalue weighted by Crippen LogP contribution is 2.52. The molecule has 0 bridgehead atoms. The van der Waals surface area contributed by atoms with Crippen LogP contribution in [0.4, 0.5) is 9.52 Å². The lowest BCUT2D eigenvalue weighted by atomic mass is 9.96. The molecule has 0 amide bonds. The Balaban J connectivity index is 1.46. The van der Waals surface area contributed by atoms with Gasteiger partial charge in [-0.15, -0.1) is 10.2 Å². The molecule has 110 valence electrons. The molecule has 0 atom stereocenters. The minimum absolute atomic E-state index is 0.195. The van der Waals surface area contributed by atoms with Gasteiger partial charge in [0.15, 0.2) is 0 Å². The van der Waals surface area contributed by atoms with Gasteiger partial charge in [-0.2, -0.15) is 0 Å². The Hall–Kier alpha value is -1.49. The number of aromatic nitrogens is 2. The number of rotatable bonds is 3. The Morgan fingerprint density at radius 3 is 2.71 bits per heavy atom. The molecule has 1 aromatic heterocycles. The van der Waals surface area contributed by atoms with Crippen LogP contribution in [0.25, 0.3) is 0 Å². The van der Waals surface area contributed by atoms with E-state index >= 15 is 0 Å². The lowest BCUT2D eigenvalue weighted by Gasteiger charge is -2.32. The van der Waals surface area contributed by atoms with Crippen LogP contribution in [0.1, 0.15) is 36.3 Å². The first-order valence-corrected chi connectivity index (χ1v) is 8.36. The second-order valence-corrected chi connectivity index (χ2v) is 7.35. The highest BCUT2D eigenvalue weighted by atomic mass is 32.1. The summed E-state index contributed by atoms with van der Waals surface area (Å²) < 4.78 is 12.9. The molecule has 5 heteroatoms. The van der Waals surface area contributed by atoms with Gasteiger partial charge >= 0.3 is 0 Å². The van der Waals surface area contributed by atoms with Crippen molar-refractivity contribution >= 4 is 16.5 Å². The molecule has 1 spiro atoms. The third-order valence-corrected chi connectivity index (χ3v) is 5.60. The molecule has 4 rings (SSSR count). The van der Waals surface area contributed by atoms with E-state index in [9.17, 15) is 4.39 Å². The Morgan fingerprint density at radius 2 is 1.95 bits per heavy atom. The van der Waals surface area contributed by atoms with Crippen molar-refractivity contribution in [3.63, 3.8) is 0 Å². The van der Waals surface area contributed by atoms with Gasteiger partial charge in [-0.3, -0.25) is 0 Å². The van der Waals surface area contributed by atoms with Crippen LogP contribution in [-0.4, -0.2) is 23.3 Å². The van der Waals surface area contributed by atoms with Crippen LogP contribution in [0, 0.1) is 11.2 Å². The molecule has 1 aromatic carbocycles. The van der Waals surface area contributed by atoms with Crippen LogP contribution in [-0.2, 0) is 6.42 Å². The average molecular weight is 303 g/mol. The van der Waals surface area contributed by atoms with Crippen molar-refractivity contribution in [3.8, 4) is 0 Å². The average Bonchev–Trinajstić information content (AvgIpc) is 3.07. The molecule has 2 fully saturated rings. The summed E-state index contributed by atoms with van der Waals surface area (Å²) in [5.41, 5.74) is 1.68. The van der Waals surface area contributed by atoms with E-state index in [0.29, 0.717) is 5.41 Å². The fourth-order valence-electron chi connectivity index (χ4n) is 3.18. The van der Waals surface area contributed by atoms with Crippen molar-refractivity contribution in [1.82, 2.24) is 10.2 Å². The molecule has 2 aliphatic rings. The number of hydrogen-bond acceptors (Lipinski definition) is 4. The van der Waals surface area contributed by atoms with Crippen LogP contribution in [0.2, 0.25) is 0 Å². The minimum atomic E-state index is -0.195. The first-order chi connectivity index (χ1) is 10.2. The SMILES string of the molecule is Fc1ccc(Cc2nnc(N3CCCC4(CC4)C3)s2)cc1. The first-order valence-electron chi connectivity index (χ1n) is 7.54. The van der Waals surface area contributed by atoms with E-state index in [4.69, 9.17) is 0 Å². The number of hydrogen-bond donors (Lipinski definition) is 0. The number of anilines is 1. The second-order valence-electron chi connectivity index (χ2n) is 6.31. The number of piperidine rings is 1. The zero-order valence-electron chi connectivity index (χ0n) is 11.9. The standard InChI is InChI=1S/C16H18FN3S/c17-13-4-2-12(3-5-13)10-14-18-19-15(21-14)20-9-1-6-16(11-20)7-8-16/h2-5H,1,6-11H2. The molecule has 2 heterocycles. The summed E-state index contributed by atoms with van der Waals surface area (Å²) in [5.74, 6) is -0.195. The monoisotopic (exact) mass is 303 g/mol. The largest absolute Gasteiger partial charge is 0.346 e. The van der Waals surface area contributed by atoms with Gasteiger partial charge in [0, 0.05) is 19.5 Å². The topological polar surface area (TPSA) is 29.0 Å². The molecule has 1 aliphatic carbocycles. The lowest BCUT2D eigenvalue weighted by Crippen LogP contribution is -2.36. The summed E-state index contributed by atoms with van der Waals surface area (Å²) in [6, 6.07) is 6.63. The molecule has 0 N–H and O–H groups in total. The number of halogens is 1. The molecular formula is C16H18FN3S. The van der Waals surface area contributed by atoms with Crippen LogP contribution < -0.4 is 4.90 Å². The molecule has 3 nitrogen and oxygen atoms in total. The lowest BCUT2D eigenvalue weighted by molar-refractivity contribution is 0.394. The van der Waals surface area contributed by atoms with Crippen molar-refractivity contribution in [3.05, 3.63) is 40.7 Å². The third-order valence-electron chi connectivity index (χ3n) is 4.61. The molecule has 0 radical (unpaired) electrons. The molecule has 1 aliphatic heterocycles. The van der Waals surface area contributed by atoms with Gasteiger partial charge in [0.25, 0.3) is 0 Å². The van der Waals surface area contributed by atoms with E-state index in [2.05, 4.69) is 15.1 Å². The molecule has 0 unspecified atom stereocenters. The Kier molecular flexibility index (Phi) is 3.17. The maximum Gasteiger partial charge on any atom is 0.208 e. The van der Waals surface area contributed by atoms with Crippen molar-refractivity contribution in [2.75, 3.05) is 18.0 Å². The maximum absolute atomic E-state index is 12.9. The molecule has 2 aromatic rings. The zero-order valence-corrected chi connectivity index (χ0v) is 12.7. The number of benzene rings is 1. The van der Waals surface area contributed by atoms with E-state index in [1.807, 2.05) is 12.1 Å². The third kappa shape index (κ3) is 2.79. The molecule has 1 saturated carbocycles. The van der Waals surface area contributed by atoms with Crippen molar-refractivity contribution < 1.29 is 4.39 Å². The van der Waals surface area contributed by atoms with Crippen molar-refractivity contribution in [2.24, 2.45) is 5.41 Å². The summed E-state index contributed by atoms with van der Waals surface area (Å²) in [7, 11) is 0. The second kappa shape index (κ2) is 5.05. The van der Waals surface area contributed by atoms with Gasteiger partial charge in [-0.1, -0.05) is 23.5 Å². The fourth-order valence-corrected chi connectivity index (χ4v) is 4.07. The van der Waals surface area contributed by atoms with Crippen molar-refractivity contribution in [1.29, 1.82) is 0 Å². The first kappa shape index (κ1) is 13.2. The molecule has 21 heavy (non-hydrogen) atoms. The van der Waals surface area contributed by atoms with Crippen LogP contribution >= 0.6 is 11.3 Å². The smallest absolute Gasteiger partial charge is 0.208 e. The van der Waals surface area contributed by atoms with Gasteiger partial charge in [0.2, 0.25) is 5.13 Å². The van der Waals surface area contributed by atoms with E-state index in [0.717, 1.165) is 35.2 Å². The van der Waals surface area contributed by atoms with Crippen LogP contribution in [0.15, 0.2) is 24.3 Å². The Morgan fingerprint density at radius 1 is 1.14 bits per heavy atom. The quantitative estimate of drug-likeness (QED) is 0.866. The van der Waals surface area contributed by atoms with Crippen LogP contribution in [0.5, 0.6) is 0 Å². The van der Waals surface area contributed by atoms with Crippen LogP contribution in [0.3, 0.4) is 0 Å². The fraction of sp³-hybridized carbons (Fsp3) is 0.500. The summed E-state index contributed by atoms with van der Waals surface area (Å²) in [4.78, 5) is 2.41. The summed E-state index contributed by atoms with van der Waals surface area (Å²) >= 11 is 1.68. The van der Waals surface area contributed by atoms with Gasteiger partial charge in [0.1, 0.15) is 10.8 Å². The van der Waals surface area contributed by atoms with Crippen molar-refractivity contribution in [2.45, 2.75) is 32.1 Å². The predicted molar refractivity (Wildman–Crippen MR) is 82.2 cm³/mol. The summed E-state index contributed by atoms with van der Waals surface area (Å²) in [5, 5.41) is 10.7.